The molecule has 0 atom stereocenters. The summed E-state index contributed by atoms with van der Waals surface area (Å²) in [6.45, 7) is 10.7. The van der Waals surface area contributed by atoms with Crippen LogP contribution in [0.3, 0.4) is 0 Å². The fourth-order valence-corrected chi connectivity index (χ4v) is 1.04. The van der Waals surface area contributed by atoms with E-state index in [1.165, 1.54) is 13.8 Å². The van der Waals surface area contributed by atoms with Gasteiger partial charge in [0.1, 0.15) is 0 Å². The van der Waals surface area contributed by atoms with Crippen LogP contribution in [-0.2, 0) is 5.31 Å². The third-order valence-corrected chi connectivity index (χ3v) is 1.80. The topological polar surface area (TPSA) is 0 Å². The van der Waals surface area contributed by atoms with Crippen molar-refractivity contribution in [3.63, 3.8) is 0 Å². The number of rotatable bonds is 1. The summed E-state index contributed by atoms with van der Waals surface area (Å²) in [7, 11) is 5.45. The molecule has 1 rings (SSSR count). The zero-order valence-corrected chi connectivity index (χ0v) is 11.7. The molecule has 0 saturated heterocycles. The summed E-state index contributed by atoms with van der Waals surface area (Å²) >= 11 is 0. The normalized spacial score (nSPS) is 9.89. The molecule has 0 aliphatic heterocycles. The third kappa shape index (κ3) is 4.71. The molecular weight excluding hydrogens is 243 g/mol. The molecule has 18 heavy (non-hydrogen) atoms. The second-order valence-electron chi connectivity index (χ2n) is 3.57. The first-order valence-electron chi connectivity index (χ1n) is 5.87. The van der Waals surface area contributed by atoms with Gasteiger partial charge in [0.05, 0.1) is 7.85 Å². The van der Waals surface area contributed by atoms with E-state index in [4.69, 9.17) is 7.85 Å². The van der Waals surface area contributed by atoms with Crippen LogP contribution in [0.15, 0.2) is 6.07 Å². The van der Waals surface area contributed by atoms with E-state index in [1.54, 1.807) is 0 Å². The second kappa shape index (κ2) is 8.17. The lowest BCUT2D eigenvalue weighted by Crippen LogP contribution is -2.20. The van der Waals surface area contributed by atoms with Crippen LogP contribution in [0.2, 0.25) is 0 Å². The quantitative estimate of drug-likeness (QED) is 0.298. The van der Waals surface area contributed by atoms with Crippen LogP contribution in [-0.4, -0.2) is 7.85 Å². The molecule has 0 nitrogen and oxygen atoms in total. The fourth-order valence-electron chi connectivity index (χ4n) is 1.04. The van der Waals surface area contributed by atoms with E-state index < -0.39 is 34.1 Å². The van der Waals surface area contributed by atoms with Crippen LogP contribution in [0.1, 0.15) is 47.1 Å². The summed E-state index contributed by atoms with van der Waals surface area (Å²) in [5, 5.41) is -1.26. The summed E-state index contributed by atoms with van der Waals surface area (Å²) in [5.41, 5.74) is -0.395. The molecular formula is C13H19BF4. The van der Waals surface area contributed by atoms with Crippen molar-refractivity contribution in [3.8, 4) is 0 Å². The highest BCUT2D eigenvalue weighted by atomic mass is 19.2. The van der Waals surface area contributed by atoms with Crippen LogP contribution in [0.25, 0.3) is 0 Å². The Labute approximate surface area is 108 Å². The molecule has 0 aliphatic carbocycles. The van der Waals surface area contributed by atoms with Gasteiger partial charge in [0.15, 0.2) is 23.3 Å². The minimum Gasteiger partial charge on any atom is -0.204 e. The Balaban J connectivity index is 0. The predicted octanol–water partition coefficient (Wildman–Crippen LogP) is 4.70. The van der Waals surface area contributed by atoms with Crippen molar-refractivity contribution in [2.45, 2.75) is 46.9 Å². The number of hydrogen-bond donors (Lipinski definition) is 0. The first-order chi connectivity index (χ1) is 8.25. The van der Waals surface area contributed by atoms with Gasteiger partial charge in [-0.2, -0.15) is 0 Å². The molecule has 0 aromatic heterocycles. The molecule has 1 aromatic rings. The van der Waals surface area contributed by atoms with Crippen LogP contribution in [0.5, 0.6) is 0 Å². The van der Waals surface area contributed by atoms with Gasteiger partial charge in [-0.1, -0.05) is 41.5 Å². The highest BCUT2D eigenvalue weighted by Crippen LogP contribution is 2.26. The number of halogens is 4. The van der Waals surface area contributed by atoms with Gasteiger partial charge in [-0.25, -0.2) is 17.6 Å². The van der Waals surface area contributed by atoms with Crippen molar-refractivity contribution in [3.05, 3.63) is 34.9 Å². The lowest BCUT2D eigenvalue weighted by atomic mass is 9.67. The summed E-state index contributed by atoms with van der Waals surface area (Å²) in [5.74, 6) is -6.55. The van der Waals surface area contributed by atoms with Crippen molar-refractivity contribution in [2.75, 3.05) is 0 Å². The number of hydrogen-bond acceptors (Lipinski definition) is 0. The summed E-state index contributed by atoms with van der Waals surface area (Å²) < 4.78 is 51.1. The maximum Gasteiger partial charge on any atom is 0.197 e. The average Bonchev–Trinajstić information content (AvgIpc) is 2.35. The van der Waals surface area contributed by atoms with E-state index in [-0.39, 0.29) is 0 Å². The summed E-state index contributed by atoms with van der Waals surface area (Å²) in [6, 6.07) is 0.563. The maximum atomic E-state index is 13.1. The van der Waals surface area contributed by atoms with E-state index in [0.29, 0.717) is 6.07 Å². The Kier molecular flexibility index (Phi) is 8.78. The molecule has 0 N–H and O–H groups in total. The Bertz CT molecular complexity index is 370. The van der Waals surface area contributed by atoms with E-state index in [1.807, 2.05) is 27.7 Å². The van der Waals surface area contributed by atoms with Crippen molar-refractivity contribution in [2.24, 2.45) is 0 Å². The molecule has 0 aliphatic rings. The second-order valence-corrected chi connectivity index (χ2v) is 3.57. The van der Waals surface area contributed by atoms with E-state index >= 15 is 0 Å². The molecule has 2 radical (unpaired) electrons. The first-order valence-corrected chi connectivity index (χ1v) is 5.87. The Hall–Kier alpha value is -0.995. The van der Waals surface area contributed by atoms with Crippen molar-refractivity contribution in [1.29, 1.82) is 0 Å². The van der Waals surface area contributed by atoms with E-state index in [2.05, 4.69) is 0 Å². The molecule has 0 heterocycles. The predicted molar refractivity (Wildman–Crippen MR) is 67.8 cm³/mol. The molecule has 0 spiro atoms. The molecule has 0 fully saturated rings. The SMILES string of the molecule is CC.CC.[B]C(C)(C)c1cc(F)c(F)c(F)c1F. The molecule has 0 amide bonds. The average molecular weight is 262 g/mol. The van der Waals surface area contributed by atoms with Crippen molar-refractivity contribution in [1.82, 2.24) is 0 Å². The zero-order chi connectivity index (χ0) is 15.1. The van der Waals surface area contributed by atoms with Crippen LogP contribution in [0.4, 0.5) is 17.6 Å². The van der Waals surface area contributed by atoms with Gasteiger partial charge in [0, 0.05) is 0 Å². The minimum absolute atomic E-state index is 0.395. The minimum atomic E-state index is -1.83. The number of benzene rings is 1. The largest absolute Gasteiger partial charge is 0.204 e. The monoisotopic (exact) mass is 262 g/mol. The summed E-state index contributed by atoms with van der Waals surface area (Å²) in [6.07, 6.45) is 0. The highest BCUT2D eigenvalue weighted by Gasteiger charge is 2.25. The first kappa shape index (κ1) is 19.3. The van der Waals surface area contributed by atoms with E-state index in [0.717, 1.165) is 0 Å². The fraction of sp³-hybridized carbons (Fsp3) is 0.538. The van der Waals surface area contributed by atoms with Crippen LogP contribution in [0, 0.1) is 23.3 Å². The lowest BCUT2D eigenvalue weighted by Gasteiger charge is -2.20. The Morgan fingerprint density at radius 2 is 1.22 bits per heavy atom. The van der Waals surface area contributed by atoms with Crippen molar-refractivity contribution >= 4 is 7.85 Å². The highest BCUT2D eigenvalue weighted by molar-refractivity contribution is 6.15. The Morgan fingerprint density at radius 1 is 0.833 bits per heavy atom. The van der Waals surface area contributed by atoms with Gasteiger partial charge in [0.25, 0.3) is 0 Å². The van der Waals surface area contributed by atoms with Gasteiger partial charge in [-0.15, -0.1) is 0 Å². The van der Waals surface area contributed by atoms with Crippen LogP contribution >= 0.6 is 0 Å². The van der Waals surface area contributed by atoms with Gasteiger partial charge < -0.3 is 0 Å². The van der Waals surface area contributed by atoms with Crippen molar-refractivity contribution < 1.29 is 17.6 Å². The van der Waals surface area contributed by atoms with Gasteiger partial charge >= 0.3 is 0 Å². The molecule has 102 valence electrons. The summed E-state index contributed by atoms with van der Waals surface area (Å²) in [4.78, 5) is 0. The zero-order valence-electron chi connectivity index (χ0n) is 11.7. The molecule has 1 aromatic carbocycles. The lowest BCUT2D eigenvalue weighted by molar-refractivity contribution is 0.399. The standard InChI is InChI=1S/C9H7BF4.2C2H6/c1-9(2,10)4-3-5(11)7(13)8(14)6(4)12;2*1-2/h3H,1-2H3;2*1-2H3. The molecule has 5 heteroatoms. The Morgan fingerprint density at radius 3 is 1.56 bits per heavy atom. The smallest absolute Gasteiger partial charge is 0.197 e. The molecule has 0 bridgehead atoms. The molecule has 0 saturated carbocycles. The maximum absolute atomic E-state index is 13.1. The molecule has 0 unspecified atom stereocenters. The van der Waals surface area contributed by atoms with Gasteiger partial charge in [0.2, 0.25) is 0 Å². The van der Waals surface area contributed by atoms with Gasteiger partial charge in [-0.05, 0) is 16.9 Å². The van der Waals surface area contributed by atoms with Gasteiger partial charge in [-0.3, -0.25) is 0 Å². The van der Waals surface area contributed by atoms with Crippen LogP contribution < -0.4 is 0 Å². The van der Waals surface area contributed by atoms with E-state index in [9.17, 15) is 17.6 Å². The third-order valence-electron chi connectivity index (χ3n) is 1.80.